The van der Waals surface area contributed by atoms with Gasteiger partial charge in [0, 0.05) is 6.08 Å². The molecule has 2 rings (SSSR count). The fraction of sp³-hybridized carbons (Fsp3) is 0.0588. The normalized spacial score (nSPS) is 10.3. The summed E-state index contributed by atoms with van der Waals surface area (Å²) in [5.74, 6) is -0.913. The Morgan fingerprint density at radius 3 is 2.19 bits per heavy atom. The van der Waals surface area contributed by atoms with Crippen molar-refractivity contribution < 1.29 is 19.1 Å². The number of carbonyl (C=O) groups is 2. The molecule has 2 aromatic rings. The molecule has 0 saturated heterocycles. The van der Waals surface area contributed by atoms with Crippen LogP contribution in [0.1, 0.15) is 5.56 Å². The smallest absolute Gasteiger partial charge is 0.352 e. The molecule has 0 bridgehead atoms. The van der Waals surface area contributed by atoms with Gasteiger partial charge in [0.1, 0.15) is 5.75 Å². The first-order valence-electron chi connectivity index (χ1n) is 6.39. The van der Waals surface area contributed by atoms with Gasteiger partial charge in [0.25, 0.3) is 0 Å². The third kappa shape index (κ3) is 5.32. The second-order valence-corrected chi connectivity index (χ2v) is 4.14. The van der Waals surface area contributed by atoms with E-state index in [4.69, 9.17) is 4.74 Å². The number of benzene rings is 2. The third-order valence-corrected chi connectivity index (χ3v) is 2.53. The van der Waals surface area contributed by atoms with Gasteiger partial charge < -0.3 is 9.47 Å². The molecule has 0 atom stereocenters. The van der Waals surface area contributed by atoms with Crippen LogP contribution in [0.2, 0.25) is 0 Å². The number of para-hydroxylation sites is 1. The van der Waals surface area contributed by atoms with E-state index in [1.165, 1.54) is 6.08 Å². The molecule has 0 amide bonds. The Morgan fingerprint density at radius 2 is 1.52 bits per heavy atom. The molecule has 21 heavy (non-hydrogen) atoms. The summed E-state index contributed by atoms with van der Waals surface area (Å²) in [6.07, 6.45) is 2.78. The molecule has 0 N–H and O–H groups in total. The molecule has 0 saturated carbocycles. The number of esters is 2. The van der Waals surface area contributed by atoms with Crippen molar-refractivity contribution >= 4 is 18.0 Å². The minimum Gasteiger partial charge on any atom is -0.482 e. The Morgan fingerprint density at radius 1 is 0.905 bits per heavy atom. The Bertz CT molecular complexity index is 618. The zero-order chi connectivity index (χ0) is 14.9. The van der Waals surface area contributed by atoms with Crippen LogP contribution in [0.4, 0.5) is 0 Å². The number of ether oxygens (including phenoxy) is 2. The molecule has 0 unspecified atom stereocenters. The van der Waals surface area contributed by atoms with Crippen LogP contribution < -0.4 is 4.74 Å². The van der Waals surface area contributed by atoms with E-state index in [9.17, 15) is 9.59 Å². The highest BCUT2D eigenvalue weighted by Crippen LogP contribution is 2.08. The van der Waals surface area contributed by atoms with Crippen LogP contribution in [0, 0.1) is 0 Å². The van der Waals surface area contributed by atoms with E-state index >= 15 is 0 Å². The van der Waals surface area contributed by atoms with Gasteiger partial charge in [-0.15, -0.1) is 0 Å². The summed E-state index contributed by atoms with van der Waals surface area (Å²) in [6, 6.07) is 18.1. The third-order valence-electron chi connectivity index (χ3n) is 2.53. The van der Waals surface area contributed by atoms with Crippen molar-refractivity contribution in [1.82, 2.24) is 0 Å². The lowest BCUT2D eigenvalue weighted by molar-refractivity contribution is -0.157. The lowest BCUT2D eigenvalue weighted by Gasteiger charge is -2.04. The molecule has 2 aromatic carbocycles. The van der Waals surface area contributed by atoms with Crippen LogP contribution in [-0.2, 0) is 14.3 Å². The average Bonchev–Trinajstić information content (AvgIpc) is 2.53. The maximum atomic E-state index is 11.5. The van der Waals surface area contributed by atoms with Crippen molar-refractivity contribution in [2.45, 2.75) is 0 Å². The maximum Gasteiger partial charge on any atom is 0.352 e. The maximum absolute atomic E-state index is 11.5. The van der Waals surface area contributed by atoms with Crippen LogP contribution in [0.25, 0.3) is 6.08 Å². The molecule has 0 aliphatic carbocycles. The monoisotopic (exact) mass is 282 g/mol. The SMILES string of the molecule is O=C(/C=C/c1ccccc1)OC(=O)COc1ccccc1. The Balaban J connectivity index is 1.77. The molecular formula is C17H14O4. The van der Waals surface area contributed by atoms with Crippen molar-refractivity contribution in [3.63, 3.8) is 0 Å². The number of hydrogen-bond acceptors (Lipinski definition) is 4. The minimum absolute atomic E-state index is 0.311. The predicted octanol–water partition coefficient (Wildman–Crippen LogP) is 2.85. The Hall–Kier alpha value is -2.88. The van der Waals surface area contributed by atoms with Crippen LogP contribution in [0.15, 0.2) is 66.7 Å². The summed E-state index contributed by atoms with van der Waals surface area (Å²) < 4.78 is 9.78. The fourth-order valence-electron chi connectivity index (χ4n) is 1.56. The van der Waals surface area contributed by atoms with Gasteiger partial charge in [-0.25, -0.2) is 9.59 Å². The van der Waals surface area contributed by atoms with Gasteiger partial charge in [-0.2, -0.15) is 0 Å². The van der Waals surface area contributed by atoms with Crippen LogP contribution in [0.5, 0.6) is 5.75 Å². The Kier molecular flexibility index (Phi) is 5.29. The summed E-state index contributed by atoms with van der Waals surface area (Å²) in [6.45, 7) is -0.311. The summed E-state index contributed by atoms with van der Waals surface area (Å²) in [5.41, 5.74) is 0.849. The first-order valence-corrected chi connectivity index (χ1v) is 6.39. The van der Waals surface area contributed by atoms with Crippen LogP contribution >= 0.6 is 0 Å². The van der Waals surface area contributed by atoms with E-state index in [1.807, 2.05) is 36.4 Å². The highest BCUT2D eigenvalue weighted by molar-refractivity contribution is 5.95. The second kappa shape index (κ2) is 7.65. The minimum atomic E-state index is -0.735. The molecule has 4 heteroatoms. The average molecular weight is 282 g/mol. The Labute approximate surface area is 122 Å². The van der Waals surface area contributed by atoms with Crippen LogP contribution in [0.3, 0.4) is 0 Å². The van der Waals surface area contributed by atoms with E-state index in [0.29, 0.717) is 5.75 Å². The lowest BCUT2D eigenvalue weighted by Crippen LogP contribution is -2.17. The van der Waals surface area contributed by atoms with Crippen molar-refractivity contribution in [2.24, 2.45) is 0 Å². The van der Waals surface area contributed by atoms with Gasteiger partial charge in [0.2, 0.25) is 0 Å². The summed E-state index contributed by atoms with van der Waals surface area (Å²) in [4.78, 5) is 22.9. The predicted molar refractivity (Wildman–Crippen MR) is 78.5 cm³/mol. The summed E-state index contributed by atoms with van der Waals surface area (Å²) in [5, 5.41) is 0. The second-order valence-electron chi connectivity index (χ2n) is 4.14. The molecular weight excluding hydrogens is 268 g/mol. The molecule has 0 radical (unpaired) electrons. The van der Waals surface area contributed by atoms with E-state index in [1.54, 1.807) is 30.3 Å². The highest BCUT2D eigenvalue weighted by Gasteiger charge is 2.08. The molecule has 4 nitrogen and oxygen atoms in total. The van der Waals surface area contributed by atoms with Crippen molar-refractivity contribution in [3.8, 4) is 5.75 Å². The number of carbonyl (C=O) groups excluding carboxylic acids is 2. The molecule has 0 aliphatic heterocycles. The van der Waals surface area contributed by atoms with E-state index in [-0.39, 0.29) is 6.61 Å². The topological polar surface area (TPSA) is 52.6 Å². The van der Waals surface area contributed by atoms with E-state index in [2.05, 4.69) is 4.74 Å². The molecule has 0 heterocycles. The van der Waals surface area contributed by atoms with E-state index in [0.717, 1.165) is 5.56 Å². The van der Waals surface area contributed by atoms with Gasteiger partial charge in [0.05, 0.1) is 0 Å². The van der Waals surface area contributed by atoms with Gasteiger partial charge in [-0.3, -0.25) is 0 Å². The first kappa shape index (κ1) is 14.5. The van der Waals surface area contributed by atoms with Gasteiger partial charge in [0.15, 0.2) is 6.61 Å². The highest BCUT2D eigenvalue weighted by atomic mass is 16.6. The van der Waals surface area contributed by atoms with Gasteiger partial charge in [-0.1, -0.05) is 48.5 Å². The van der Waals surface area contributed by atoms with Gasteiger partial charge in [-0.05, 0) is 23.8 Å². The summed E-state index contributed by atoms with van der Waals surface area (Å²) >= 11 is 0. The van der Waals surface area contributed by atoms with Gasteiger partial charge >= 0.3 is 11.9 Å². The molecule has 0 aromatic heterocycles. The largest absolute Gasteiger partial charge is 0.482 e. The van der Waals surface area contributed by atoms with Crippen LogP contribution in [-0.4, -0.2) is 18.5 Å². The molecule has 0 fully saturated rings. The van der Waals surface area contributed by atoms with Crippen molar-refractivity contribution in [1.29, 1.82) is 0 Å². The zero-order valence-corrected chi connectivity index (χ0v) is 11.3. The molecule has 106 valence electrons. The quantitative estimate of drug-likeness (QED) is 0.481. The first-order chi connectivity index (χ1) is 10.2. The van der Waals surface area contributed by atoms with E-state index < -0.39 is 11.9 Å². The molecule has 0 aliphatic rings. The fourth-order valence-corrected chi connectivity index (χ4v) is 1.56. The van der Waals surface area contributed by atoms with Crippen molar-refractivity contribution in [3.05, 3.63) is 72.3 Å². The van der Waals surface area contributed by atoms with Crippen molar-refractivity contribution in [2.75, 3.05) is 6.61 Å². The summed E-state index contributed by atoms with van der Waals surface area (Å²) in [7, 11) is 0. The molecule has 0 spiro atoms. The zero-order valence-electron chi connectivity index (χ0n) is 11.3. The standard InChI is InChI=1S/C17H14O4/c18-16(12-11-14-7-3-1-4-8-14)21-17(19)13-20-15-9-5-2-6-10-15/h1-12H,13H2/b12-11+. The number of rotatable bonds is 5. The number of hydrogen-bond donors (Lipinski definition) is 0. The lowest BCUT2D eigenvalue weighted by atomic mass is 10.2.